The lowest BCUT2D eigenvalue weighted by molar-refractivity contribution is -0.136. The Labute approximate surface area is 208 Å². The number of nitrogens with two attached hydrogens (primary N) is 1. The molecule has 0 saturated carbocycles. The number of fused-ring (bicyclic) bond motifs is 1. The predicted octanol–water partition coefficient (Wildman–Crippen LogP) is 3.91. The van der Waals surface area contributed by atoms with Gasteiger partial charge in [-0.05, 0) is 24.3 Å². The Balaban J connectivity index is 1.59. The fourth-order valence-electron chi connectivity index (χ4n) is 3.91. The van der Waals surface area contributed by atoms with E-state index in [-0.39, 0.29) is 23.8 Å². The van der Waals surface area contributed by atoms with E-state index >= 15 is 0 Å². The summed E-state index contributed by atoms with van der Waals surface area (Å²) in [6, 6.07) is 19.3. The Morgan fingerprint density at radius 1 is 0.917 bits per heavy atom. The van der Waals surface area contributed by atoms with E-state index in [1.165, 1.54) is 14.2 Å². The molecular formula is C27H24N2O7. The van der Waals surface area contributed by atoms with Gasteiger partial charge in [0.25, 0.3) is 0 Å². The van der Waals surface area contributed by atoms with Crippen molar-refractivity contribution >= 4 is 5.97 Å². The van der Waals surface area contributed by atoms with Crippen LogP contribution in [0.1, 0.15) is 17.0 Å². The minimum absolute atomic E-state index is 0.0455. The van der Waals surface area contributed by atoms with Gasteiger partial charge >= 0.3 is 5.97 Å². The number of nitriles is 1. The molecule has 36 heavy (non-hydrogen) atoms. The standard InChI is InChI=1S/C27H24N2O7/c1-31-16-8-10-18(23(12-16)33-3)26-19-11-9-17(13-24(19)36-27(29)20(26)14-28)35-25(30)15-34-22-7-5-4-6-21(22)32-2/h4-13,26H,15,29H2,1-3H3. The van der Waals surface area contributed by atoms with Crippen LogP contribution in [0.4, 0.5) is 0 Å². The fraction of sp³-hybridized carbons (Fsp3) is 0.185. The van der Waals surface area contributed by atoms with Gasteiger partial charge < -0.3 is 34.2 Å². The van der Waals surface area contributed by atoms with Crippen molar-refractivity contribution in [2.24, 2.45) is 5.73 Å². The average molecular weight is 488 g/mol. The molecule has 2 N–H and O–H groups in total. The number of esters is 1. The molecule has 1 heterocycles. The predicted molar refractivity (Wildman–Crippen MR) is 129 cm³/mol. The molecule has 0 aromatic heterocycles. The minimum Gasteiger partial charge on any atom is -0.497 e. The summed E-state index contributed by atoms with van der Waals surface area (Å²) in [7, 11) is 4.61. The molecule has 0 saturated heterocycles. The van der Waals surface area contributed by atoms with E-state index in [4.69, 9.17) is 34.2 Å². The van der Waals surface area contributed by atoms with Gasteiger partial charge in [-0.15, -0.1) is 0 Å². The molecule has 1 atom stereocenters. The highest BCUT2D eigenvalue weighted by molar-refractivity contribution is 5.74. The lowest BCUT2D eigenvalue weighted by atomic mass is 9.83. The molecule has 1 aliphatic rings. The van der Waals surface area contributed by atoms with Crippen LogP contribution in [0.15, 0.2) is 72.1 Å². The van der Waals surface area contributed by atoms with Crippen molar-refractivity contribution in [3.63, 3.8) is 0 Å². The lowest BCUT2D eigenvalue weighted by Crippen LogP contribution is -2.22. The van der Waals surface area contributed by atoms with E-state index in [1.807, 2.05) is 6.07 Å². The summed E-state index contributed by atoms with van der Waals surface area (Å²) in [4.78, 5) is 12.4. The number of carbonyl (C=O) groups is 1. The van der Waals surface area contributed by atoms with Crippen molar-refractivity contribution in [1.29, 1.82) is 5.26 Å². The SMILES string of the molecule is COc1ccc(C2C(C#N)=C(N)Oc3cc(OC(=O)COc4ccccc4OC)ccc32)c(OC)c1. The number of ether oxygens (including phenoxy) is 6. The Morgan fingerprint density at radius 3 is 2.31 bits per heavy atom. The molecule has 3 aromatic rings. The maximum atomic E-state index is 12.4. The van der Waals surface area contributed by atoms with Gasteiger partial charge in [-0.3, -0.25) is 0 Å². The summed E-state index contributed by atoms with van der Waals surface area (Å²) in [6.07, 6.45) is 0. The highest BCUT2D eigenvalue weighted by atomic mass is 16.6. The third-order valence-corrected chi connectivity index (χ3v) is 5.59. The van der Waals surface area contributed by atoms with Crippen LogP contribution in [0.25, 0.3) is 0 Å². The number of hydrogen-bond acceptors (Lipinski definition) is 9. The maximum Gasteiger partial charge on any atom is 0.349 e. The van der Waals surface area contributed by atoms with Crippen LogP contribution in [0.3, 0.4) is 0 Å². The topological polar surface area (TPSA) is 122 Å². The van der Waals surface area contributed by atoms with Gasteiger partial charge in [0.15, 0.2) is 18.1 Å². The number of methoxy groups -OCH3 is 3. The van der Waals surface area contributed by atoms with Crippen molar-refractivity contribution in [1.82, 2.24) is 0 Å². The molecule has 9 nitrogen and oxygen atoms in total. The molecular weight excluding hydrogens is 464 g/mol. The van der Waals surface area contributed by atoms with Crippen LogP contribution >= 0.6 is 0 Å². The van der Waals surface area contributed by atoms with E-state index < -0.39 is 11.9 Å². The average Bonchev–Trinajstić information content (AvgIpc) is 2.90. The van der Waals surface area contributed by atoms with Crippen molar-refractivity contribution in [2.75, 3.05) is 27.9 Å². The molecule has 0 radical (unpaired) electrons. The Bertz CT molecular complexity index is 1360. The third kappa shape index (κ3) is 4.83. The van der Waals surface area contributed by atoms with Crippen LogP contribution in [0, 0.1) is 11.3 Å². The largest absolute Gasteiger partial charge is 0.497 e. The maximum absolute atomic E-state index is 12.4. The second kappa shape index (κ2) is 10.6. The van der Waals surface area contributed by atoms with E-state index in [9.17, 15) is 10.1 Å². The smallest absolute Gasteiger partial charge is 0.349 e. The number of benzene rings is 3. The second-order valence-electron chi connectivity index (χ2n) is 7.65. The van der Waals surface area contributed by atoms with E-state index in [0.29, 0.717) is 39.9 Å². The summed E-state index contributed by atoms with van der Waals surface area (Å²) < 4.78 is 32.7. The molecule has 0 aliphatic carbocycles. The first-order valence-electron chi connectivity index (χ1n) is 10.9. The van der Waals surface area contributed by atoms with E-state index in [0.717, 1.165) is 0 Å². The first-order chi connectivity index (χ1) is 17.5. The van der Waals surface area contributed by atoms with Crippen LogP contribution in [-0.4, -0.2) is 33.9 Å². The van der Waals surface area contributed by atoms with Gasteiger partial charge in [-0.2, -0.15) is 5.26 Å². The molecule has 3 aromatic carbocycles. The monoisotopic (exact) mass is 488 g/mol. The molecule has 1 unspecified atom stereocenters. The number of para-hydroxylation sites is 2. The molecule has 9 heteroatoms. The molecule has 0 amide bonds. The van der Waals surface area contributed by atoms with Crippen LogP contribution in [0.2, 0.25) is 0 Å². The Hall–Kier alpha value is -4.84. The van der Waals surface area contributed by atoms with Crippen molar-refractivity contribution in [3.8, 4) is 40.6 Å². The van der Waals surface area contributed by atoms with Crippen molar-refractivity contribution in [3.05, 3.63) is 83.2 Å². The zero-order valence-electron chi connectivity index (χ0n) is 19.9. The molecule has 0 bridgehead atoms. The summed E-state index contributed by atoms with van der Waals surface area (Å²) >= 11 is 0. The summed E-state index contributed by atoms with van der Waals surface area (Å²) in [5, 5.41) is 9.82. The van der Waals surface area contributed by atoms with E-state index in [1.54, 1.807) is 61.7 Å². The van der Waals surface area contributed by atoms with Gasteiger partial charge in [-0.25, -0.2) is 4.79 Å². The summed E-state index contributed by atoms with van der Waals surface area (Å²) in [5.74, 6) is 1.42. The molecule has 1 aliphatic heterocycles. The van der Waals surface area contributed by atoms with Crippen LogP contribution < -0.4 is 34.2 Å². The highest BCUT2D eigenvalue weighted by Crippen LogP contribution is 2.46. The fourth-order valence-corrected chi connectivity index (χ4v) is 3.91. The van der Waals surface area contributed by atoms with Gasteiger partial charge in [-0.1, -0.05) is 24.3 Å². The van der Waals surface area contributed by atoms with E-state index in [2.05, 4.69) is 6.07 Å². The first kappa shape index (κ1) is 24.3. The van der Waals surface area contributed by atoms with Crippen LogP contribution in [0.5, 0.6) is 34.5 Å². The third-order valence-electron chi connectivity index (χ3n) is 5.59. The Morgan fingerprint density at radius 2 is 1.61 bits per heavy atom. The number of hydrogen-bond donors (Lipinski definition) is 1. The van der Waals surface area contributed by atoms with Crippen LogP contribution in [-0.2, 0) is 4.79 Å². The molecule has 184 valence electrons. The molecule has 0 fully saturated rings. The zero-order chi connectivity index (χ0) is 25.7. The zero-order valence-corrected chi connectivity index (χ0v) is 19.9. The van der Waals surface area contributed by atoms with Gasteiger partial charge in [0.1, 0.15) is 34.6 Å². The molecule has 0 spiro atoms. The lowest BCUT2D eigenvalue weighted by Gasteiger charge is -2.27. The minimum atomic E-state index is -0.619. The number of allylic oxidation sites excluding steroid dienone is 1. The summed E-state index contributed by atoms with van der Waals surface area (Å²) in [5.41, 5.74) is 7.70. The first-order valence-corrected chi connectivity index (χ1v) is 10.9. The number of carbonyl (C=O) groups excluding carboxylic acids is 1. The van der Waals surface area contributed by atoms with Gasteiger partial charge in [0, 0.05) is 23.3 Å². The quantitative estimate of drug-likeness (QED) is 0.371. The number of nitrogens with zero attached hydrogens (tertiary/aromatic N) is 1. The van der Waals surface area contributed by atoms with Crippen molar-refractivity contribution < 1.29 is 33.2 Å². The van der Waals surface area contributed by atoms with Gasteiger partial charge in [0.05, 0.1) is 27.2 Å². The Kier molecular flexibility index (Phi) is 7.16. The normalized spacial score (nSPS) is 14.1. The number of rotatable bonds is 8. The van der Waals surface area contributed by atoms with Gasteiger partial charge in [0.2, 0.25) is 5.88 Å². The highest BCUT2D eigenvalue weighted by Gasteiger charge is 2.33. The summed E-state index contributed by atoms with van der Waals surface area (Å²) in [6.45, 7) is -0.329. The molecule has 4 rings (SSSR count). The van der Waals surface area contributed by atoms with Crippen molar-refractivity contribution in [2.45, 2.75) is 5.92 Å². The second-order valence-corrected chi connectivity index (χ2v) is 7.65.